The Morgan fingerprint density at radius 1 is 1.32 bits per heavy atom. The fourth-order valence-electron chi connectivity index (χ4n) is 3.37. The molecule has 0 radical (unpaired) electrons. The van der Waals surface area contributed by atoms with Crippen molar-refractivity contribution in [3.8, 4) is 0 Å². The maximum atomic E-state index is 9.24. The van der Waals surface area contributed by atoms with E-state index in [1.165, 1.54) is 0 Å². The second kappa shape index (κ2) is 7.16. The lowest BCUT2D eigenvalue weighted by Gasteiger charge is -2.33. The maximum absolute atomic E-state index is 9.24. The Bertz CT molecular complexity index is 929. The molecule has 0 amide bonds. The van der Waals surface area contributed by atoms with Crippen LogP contribution in [0.1, 0.15) is 37.8 Å². The number of hydrogen-bond donors (Lipinski definition) is 1. The van der Waals surface area contributed by atoms with Gasteiger partial charge in [0.2, 0.25) is 11.7 Å². The van der Waals surface area contributed by atoms with E-state index in [2.05, 4.69) is 41.1 Å². The molecule has 1 N–H and O–H groups in total. The van der Waals surface area contributed by atoms with Crippen LogP contribution in [0.4, 0.5) is 0 Å². The van der Waals surface area contributed by atoms with Gasteiger partial charge in [0, 0.05) is 24.0 Å². The Labute approximate surface area is 162 Å². The molecule has 0 aromatic carbocycles. The van der Waals surface area contributed by atoms with Crippen LogP contribution in [0.25, 0.3) is 0 Å². The van der Waals surface area contributed by atoms with Gasteiger partial charge >= 0.3 is 0 Å². The number of hydrazone groups is 1. The van der Waals surface area contributed by atoms with Crippen molar-refractivity contribution in [1.82, 2.24) is 15.1 Å². The van der Waals surface area contributed by atoms with Gasteiger partial charge in [0.05, 0.1) is 12.1 Å². The summed E-state index contributed by atoms with van der Waals surface area (Å²) < 4.78 is 11.2. The molecule has 2 atom stereocenters. The topological polar surface area (TPSA) is 109 Å². The van der Waals surface area contributed by atoms with E-state index in [1.807, 2.05) is 12.1 Å². The Morgan fingerprint density at radius 3 is 2.86 bits per heavy atom. The van der Waals surface area contributed by atoms with Gasteiger partial charge in [0.15, 0.2) is 11.5 Å². The van der Waals surface area contributed by atoms with Crippen molar-refractivity contribution >= 4 is 17.9 Å². The molecule has 0 fully saturated rings. The zero-order valence-corrected chi connectivity index (χ0v) is 16.0. The maximum Gasteiger partial charge on any atom is 0.213 e. The van der Waals surface area contributed by atoms with Gasteiger partial charge in [-0.15, -0.1) is 10.2 Å². The summed E-state index contributed by atoms with van der Waals surface area (Å²) in [5.41, 5.74) is 1.31. The molecule has 0 aliphatic carbocycles. The molecule has 9 heteroatoms. The van der Waals surface area contributed by atoms with Crippen molar-refractivity contribution < 1.29 is 14.4 Å². The van der Waals surface area contributed by atoms with E-state index in [0.717, 1.165) is 5.56 Å². The summed E-state index contributed by atoms with van der Waals surface area (Å²) in [7, 11) is 0. The number of aliphatic hydroxyl groups excluding tert-OH is 1. The summed E-state index contributed by atoms with van der Waals surface area (Å²) >= 11 is 0. The molecule has 4 heterocycles. The molecule has 0 saturated carbocycles. The summed E-state index contributed by atoms with van der Waals surface area (Å²) in [6.45, 7) is 6.57. The number of rotatable bonds is 4. The number of aliphatic hydroxyl groups is 1. The molecule has 2 aliphatic heterocycles. The molecule has 2 aliphatic rings. The van der Waals surface area contributed by atoms with E-state index in [9.17, 15) is 5.11 Å². The number of nitrogens with zero attached hydrogens (tertiary/aromatic N) is 6. The minimum atomic E-state index is -0.236. The molecular weight excluding hydrogens is 360 g/mol. The number of pyridine rings is 1. The molecule has 0 bridgehead atoms. The summed E-state index contributed by atoms with van der Waals surface area (Å²) in [6, 6.07) is 5.32. The van der Waals surface area contributed by atoms with Crippen molar-refractivity contribution in [3.63, 3.8) is 0 Å². The third-order valence-electron chi connectivity index (χ3n) is 4.67. The first-order valence-electron chi connectivity index (χ1n) is 9.05. The van der Waals surface area contributed by atoms with Crippen LogP contribution in [-0.4, -0.2) is 44.2 Å². The van der Waals surface area contributed by atoms with Crippen LogP contribution < -0.4 is 0 Å². The van der Waals surface area contributed by atoms with Crippen LogP contribution >= 0.6 is 0 Å². The first kappa shape index (κ1) is 18.3. The van der Waals surface area contributed by atoms with Gasteiger partial charge < -0.3 is 14.4 Å². The van der Waals surface area contributed by atoms with Gasteiger partial charge in [-0.2, -0.15) is 5.10 Å². The minimum Gasteiger partial charge on any atom is -0.474 e. The third-order valence-corrected chi connectivity index (χ3v) is 4.67. The van der Waals surface area contributed by atoms with Gasteiger partial charge in [-0.05, 0) is 11.5 Å². The highest BCUT2D eigenvalue weighted by Gasteiger charge is 2.48. The van der Waals surface area contributed by atoms with E-state index >= 15 is 0 Å². The number of hydrogen-bond acceptors (Lipinski definition) is 9. The van der Waals surface area contributed by atoms with Crippen LogP contribution in [0.2, 0.25) is 0 Å². The normalized spacial score (nSPS) is 21.4. The molecule has 146 valence electrons. The van der Waals surface area contributed by atoms with Gasteiger partial charge in [-0.25, -0.2) is 5.01 Å². The van der Waals surface area contributed by atoms with Gasteiger partial charge in [0.25, 0.3) is 0 Å². The summed E-state index contributed by atoms with van der Waals surface area (Å²) in [6.07, 6.45) is 5.28. The Hall–Kier alpha value is -3.07. The molecule has 2 aromatic heterocycles. The number of amidine groups is 1. The SMILES string of the molecule is CC(C)(C)C1C(OCc2cccnc2)=NN2C(c3cc(CO)on3)=NN=CC12. The van der Waals surface area contributed by atoms with Gasteiger partial charge in [-0.1, -0.05) is 32.0 Å². The number of aromatic nitrogens is 2. The van der Waals surface area contributed by atoms with Crippen LogP contribution in [-0.2, 0) is 18.0 Å². The fourth-order valence-corrected chi connectivity index (χ4v) is 3.37. The van der Waals surface area contributed by atoms with Gasteiger partial charge in [-0.3, -0.25) is 4.98 Å². The average Bonchev–Trinajstić information content (AvgIpc) is 3.30. The lowest BCUT2D eigenvalue weighted by Crippen LogP contribution is -2.45. The molecule has 9 nitrogen and oxygen atoms in total. The third kappa shape index (κ3) is 3.40. The zero-order valence-electron chi connectivity index (χ0n) is 16.0. The second-order valence-corrected chi connectivity index (χ2v) is 7.79. The fraction of sp³-hybridized carbons (Fsp3) is 0.421. The summed E-state index contributed by atoms with van der Waals surface area (Å²) in [5, 5.41) is 28.0. The first-order valence-corrected chi connectivity index (χ1v) is 9.05. The highest BCUT2D eigenvalue weighted by molar-refractivity contribution is 6.03. The highest BCUT2D eigenvalue weighted by atomic mass is 16.5. The van der Waals surface area contributed by atoms with E-state index in [-0.39, 0.29) is 24.0 Å². The largest absolute Gasteiger partial charge is 0.474 e. The Morgan fingerprint density at radius 2 is 2.18 bits per heavy atom. The van der Waals surface area contributed by atoms with Gasteiger partial charge in [0.1, 0.15) is 19.3 Å². The lowest BCUT2D eigenvalue weighted by atomic mass is 9.76. The predicted octanol–water partition coefficient (Wildman–Crippen LogP) is 2.18. The van der Waals surface area contributed by atoms with Crippen molar-refractivity contribution in [1.29, 1.82) is 0 Å². The van der Waals surface area contributed by atoms with Crippen molar-refractivity contribution in [2.75, 3.05) is 0 Å². The molecule has 0 saturated heterocycles. The van der Waals surface area contributed by atoms with Crippen LogP contribution in [0.3, 0.4) is 0 Å². The van der Waals surface area contributed by atoms with E-state index in [0.29, 0.717) is 29.8 Å². The van der Waals surface area contributed by atoms with E-state index < -0.39 is 0 Å². The van der Waals surface area contributed by atoms with E-state index in [1.54, 1.807) is 29.7 Å². The summed E-state index contributed by atoms with van der Waals surface area (Å²) in [4.78, 5) is 4.12. The minimum absolute atomic E-state index is 0.0253. The van der Waals surface area contributed by atoms with Crippen LogP contribution in [0.5, 0.6) is 0 Å². The molecule has 2 aromatic rings. The van der Waals surface area contributed by atoms with Crippen molar-refractivity contribution in [2.24, 2.45) is 26.6 Å². The second-order valence-electron chi connectivity index (χ2n) is 7.79. The standard InChI is InChI=1S/C19H22N6O3/c1-19(2,3)16-15-9-21-22-17(14-7-13(10-26)28-24-14)25(15)23-18(16)27-11-12-5-4-6-20-8-12/h4-9,15-16,26H,10-11H2,1-3H3. The Kier molecular flexibility index (Phi) is 4.68. The monoisotopic (exact) mass is 382 g/mol. The van der Waals surface area contributed by atoms with Crippen LogP contribution in [0.15, 0.2) is 50.4 Å². The average molecular weight is 382 g/mol. The van der Waals surface area contributed by atoms with Crippen molar-refractivity contribution in [3.05, 3.63) is 47.6 Å². The Balaban J connectivity index is 1.63. The zero-order chi connectivity index (χ0) is 19.7. The molecule has 0 spiro atoms. The number of ether oxygens (including phenoxy) is 1. The number of fused-ring (bicyclic) bond motifs is 1. The van der Waals surface area contributed by atoms with E-state index in [4.69, 9.17) is 14.4 Å². The molecule has 28 heavy (non-hydrogen) atoms. The lowest BCUT2D eigenvalue weighted by molar-refractivity contribution is 0.207. The molecule has 2 unspecified atom stereocenters. The van der Waals surface area contributed by atoms with Crippen molar-refractivity contribution in [2.45, 2.75) is 40.0 Å². The van der Waals surface area contributed by atoms with Crippen LogP contribution in [0, 0.1) is 11.3 Å². The highest BCUT2D eigenvalue weighted by Crippen LogP contribution is 2.38. The molecule has 4 rings (SSSR count). The molecular formula is C19H22N6O3. The first-order chi connectivity index (χ1) is 13.5. The predicted molar refractivity (Wildman–Crippen MR) is 102 cm³/mol. The quantitative estimate of drug-likeness (QED) is 0.868. The smallest absolute Gasteiger partial charge is 0.213 e. The summed E-state index contributed by atoms with van der Waals surface area (Å²) in [5.74, 6) is 1.41.